The van der Waals surface area contributed by atoms with Crippen LogP contribution in [0, 0.1) is 0 Å². The molecule has 3 aromatic rings. The Morgan fingerprint density at radius 2 is 2.04 bits per heavy atom. The number of nitrogens with one attached hydrogen (secondary N) is 1. The highest BCUT2D eigenvalue weighted by Gasteiger charge is 2.16. The Bertz CT molecular complexity index is 976. The van der Waals surface area contributed by atoms with Gasteiger partial charge in [0.15, 0.2) is 0 Å². The van der Waals surface area contributed by atoms with Crippen molar-refractivity contribution >= 4 is 34.1 Å². The van der Waals surface area contributed by atoms with E-state index in [4.69, 9.17) is 26.8 Å². The molecule has 0 saturated heterocycles. The number of aromatic nitrogens is 1. The predicted octanol–water partition coefficient (Wildman–Crippen LogP) is 4.02. The Balaban J connectivity index is 2.09. The smallest absolute Gasteiger partial charge is 0.255 e. The number of carbonyl (C=O) groups is 1. The lowest BCUT2D eigenvalue weighted by atomic mass is 10.1. The van der Waals surface area contributed by atoms with Crippen LogP contribution in [0.2, 0.25) is 5.02 Å². The Morgan fingerprint density at radius 3 is 2.73 bits per heavy atom. The molecule has 0 unspecified atom stereocenters. The van der Waals surface area contributed by atoms with Crippen molar-refractivity contribution in [1.29, 1.82) is 0 Å². The topological polar surface area (TPSA) is 86.5 Å². The Hall–Kier alpha value is -2.99. The zero-order chi connectivity index (χ0) is 18.7. The minimum Gasteiger partial charge on any atom is -0.496 e. The minimum atomic E-state index is -0.225. The van der Waals surface area contributed by atoms with Crippen LogP contribution in [0.5, 0.6) is 17.2 Å². The fourth-order valence-electron chi connectivity index (χ4n) is 2.54. The van der Waals surface area contributed by atoms with Gasteiger partial charge in [0.2, 0.25) is 0 Å². The van der Waals surface area contributed by atoms with Crippen LogP contribution in [0.25, 0.3) is 10.9 Å². The number of nitrogen functional groups attached to an aromatic ring is 1. The van der Waals surface area contributed by atoms with Gasteiger partial charge in [-0.3, -0.25) is 9.78 Å². The first-order chi connectivity index (χ1) is 12.5. The molecule has 0 radical (unpaired) electrons. The summed E-state index contributed by atoms with van der Waals surface area (Å²) in [5, 5.41) is 3.86. The molecule has 0 atom stereocenters. The summed E-state index contributed by atoms with van der Waals surface area (Å²) in [4.78, 5) is 16.7. The van der Waals surface area contributed by atoms with E-state index in [0.717, 1.165) is 0 Å². The molecule has 0 aliphatic carbocycles. The van der Waals surface area contributed by atoms with E-state index in [1.807, 2.05) is 6.92 Å². The van der Waals surface area contributed by atoms with E-state index in [1.54, 1.807) is 42.6 Å². The fourth-order valence-corrected chi connectivity index (χ4v) is 2.71. The van der Waals surface area contributed by atoms with Crippen molar-refractivity contribution in [3.63, 3.8) is 0 Å². The number of pyridine rings is 1. The molecule has 6 nitrogen and oxygen atoms in total. The van der Waals surface area contributed by atoms with E-state index in [0.29, 0.717) is 51.0 Å². The molecule has 0 bridgehead atoms. The predicted molar refractivity (Wildman–Crippen MR) is 102 cm³/mol. The molecular formula is C19H18ClN3O3. The molecule has 3 N–H and O–H groups in total. The largest absolute Gasteiger partial charge is 0.496 e. The molecule has 7 heteroatoms. The molecule has 3 rings (SSSR count). The lowest BCUT2D eigenvalue weighted by molar-refractivity contribution is 0.0953. The summed E-state index contributed by atoms with van der Waals surface area (Å²) in [6.07, 6.45) is 1.63. The molecule has 26 heavy (non-hydrogen) atoms. The first kappa shape index (κ1) is 17.8. The standard InChI is InChI=1S/C19H18ClN3O3/c1-3-22-19(24)13-9-12-16(10-18(13)25-2)23-7-6-17(12)26-11-4-5-15(21)14(20)8-11/h4-10H,3,21H2,1-2H3,(H,22,24). The van der Waals surface area contributed by atoms with Crippen LogP contribution in [-0.4, -0.2) is 24.5 Å². The average Bonchev–Trinajstić information content (AvgIpc) is 2.64. The van der Waals surface area contributed by atoms with Gasteiger partial charge in [-0.1, -0.05) is 11.6 Å². The van der Waals surface area contributed by atoms with Crippen LogP contribution in [0.4, 0.5) is 5.69 Å². The number of fused-ring (bicyclic) bond motifs is 1. The lowest BCUT2D eigenvalue weighted by Crippen LogP contribution is -2.23. The summed E-state index contributed by atoms with van der Waals surface area (Å²) < 4.78 is 11.3. The highest BCUT2D eigenvalue weighted by atomic mass is 35.5. The number of benzene rings is 2. The second-order valence-electron chi connectivity index (χ2n) is 5.52. The number of hydrogen-bond acceptors (Lipinski definition) is 5. The van der Waals surface area contributed by atoms with Gasteiger partial charge < -0.3 is 20.5 Å². The van der Waals surface area contributed by atoms with E-state index in [2.05, 4.69) is 10.3 Å². The van der Waals surface area contributed by atoms with Crippen molar-refractivity contribution in [3.05, 3.63) is 53.2 Å². The maximum atomic E-state index is 12.3. The van der Waals surface area contributed by atoms with Gasteiger partial charge in [0.1, 0.15) is 17.2 Å². The number of carbonyl (C=O) groups excluding carboxylic acids is 1. The van der Waals surface area contributed by atoms with Crippen LogP contribution >= 0.6 is 11.6 Å². The van der Waals surface area contributed by atoms with E-state index in [9.17, 15) is 4.79 Å². The summed E-state index contributed by atoms with van der Waals surface area (Å²) in [5.41, 5.74) is 7.26. The third-order valence-electron chi connectivity index (χ3n) is 3.80. The highest BCUT2D eigenvalue weighted by Crippen LogP contribution is 2.34. The summed E-state index contributed by atoms with van der Waals surface area (Å²) in [5.74, 6) is 1.30. The molecule has 0 fully saturated rings. The van der Waals surface area contributed by atoms with Gasteiger partial charge >= 0.3 is 0 Å². The molecule has 0 aliphatic rings. The first-order valence-electron chi connectivity index (χ1n) is 8.01. The number of nitrogens with two attached hydrogens (primary N) is 1. The van der Waals surface area contributed by atoms with Gasteiger partial charge in [-0.2, -0.15) is 0 Å². The Morgan fingerprint density at radius 1 is 1.23 bits per heavy atom. The van der Waals surface area contributed by atoms with Crippen molar-refractivity contribution in [3.8, 4) is 17.2 Å². The first-order valence-corrected chi connectivity index (χ1v) is 8.39. The maximum absolute atomic E-state index is 12.3. The Kier molecular flexibility index (Phi) is 5.14. The number of amides is 1. The number of methoxy groups -OCH3 is 1. The fraction of sp³-hybridized carbons (Fsp3) is 0.158. The summed E-state index contributed by atoms with van der Waals surface area (Å²) in [6.45, 7) is 2.37. The molecule has 0 saturated carbocycles. The summed E-state index contributed by atoms with van der Waals surface area (Å²) in [6, 6.07) is 10.2. The molecule has 2 aromatic carbocycles. The van der Waals surface area contributed by atoms with Gasteiger partial charge in [0, 0.05) is 30.3 Å². The van der Waals surface area contributed by atoms with Crippen LogP contribution in [-0.2, 0) is 0 Å². The number of halogens is 1. The molecule has 1 amide bonds. The third-order valence-corrected chi connectivity index (χ3v) is 4.13. The summed E-state index contributed by atoms with van der Waals surface area (Å²) in [7, 11) is 1.51. The second-order valence-corrected chi connectivity index (χ2v) is 5.93. The van der Waals surface area contributed by atoms with Gasteiger partial charge in [0.25, 0.3) is 5.91 Å². The normalized spacial score (nSPS) is 10.6. The van der Waals surface area contributed by atoms with E-state index in [1.165, 1.54) is 7.11 Å². The second kappa shape index (κ2) is 7.49. The number of anilines is 1. The van der Waals surface area contributed by atoms with Gasteiger partial charge in [-0.05, 0) is 31.2 Å². The number of rotatable bonds is 5. The molecule has 1 heterocycles. The van der Waals surface area contributed by atoms with Gasteiger partial charge in [-0.15, -0.1) is 0 Å². The molecule has 1 aromatic heterocycles. The van der Waals surface area contributed by atoms with E-state index < -0.39 is 0 Å². The van der Waals surface area contributed by atoms with Crippen LogP contribution in [0.3, 0.4) is 0 Å². The number of ether oxygens (including phenoxy) is 2. The van der Waals surface area contributed by atoms with E-state index >= 15 is 0 Å². The van der Waals surface area contributed by atoms with Crippen LogP contribution in [0.1, 0.15) is 17.3 Å². The lowest BCUT2D eigenvalue weighted by Gasteiger charge is -2.13. The SMILES string of the molecule is CCNC(=O)c1cc2c(Oc3ccc(N)c(Cl)c3)ccnc2cc1OC. The minimum absolute atomic E-state index is 0.225. The van der Waals surface area contributed by atoms with Gasteiger partial charge in [-0.25, -0.2) is 0 Å². The molecule has 0 aliphatic heterocycles. The monoisotopic (exact) mass is 371 g/mol. The van der Waals surface area contributed by atoms with Gasteiger partial charge in [0.05, 0.1) is 28.9 Å². The zero-order valence-electron chi connectivity index (χ0n) is 14.4. The molecular weight excluding hydrogens is 354 g/mol. The van der Waals surface area contributed by atoms with Crippen molar-refractivity contribution in [2.75, 3.05) is 19.4 Å². The third kappa shape index (κ3) is 3.50. The Labute approximate surface area is 155 Å². The molecule has 134 valence electrons. The highest BCUT2D eigenvalue weighted by molar-refractivity contribution is 6.33. The molecule has 0 spiro atoms. The average molecular weight is 372 g/mol. The zero-order valence-corrected chi connectivity index (χ0v) is 15.1. The van der Waals surface area contributed by atoms with Crippen LogP contribution in [0.15, 0.2) is 42.6 Å². The quantitative estimate of drug-likeness (QED) is 0.661. The van der Waals surface area contributed by atoms with Crippen molar-refractivity contribution in [2.45, 2.75) is 6.92 Å². The van der Waals surface area contributed by atoms with Crippen molar-refractivity contribution < 1.29 is 14.3 Å². The van der Waals surface area contributed by atoms with E-state index in [-0.39, 0.29) is 5.91 Å². The summed E-state index contributed by atoms with van der Waals surface area (Å²) >= 11 is 6.05. The number of nitrogens with zero attached hydrogens (tertiary/aromatic N) is 1. The van der Waals surface area contributed by atoms with Crippen LogP contribution < -0.4 is 20.5 Å². The number of hydrogen-bond donors (Lipinski definition) is 2. The maximum Gasteiger partial charge on any atom is 0.255 e. The van der Waals surface area contributed by atoms with Crippen molar-refractivity contribution in [1.82, 2.24) is 10.3 Å². The van der Waals surface area contributed by atoms with Crippen molar-refractivity contribution in [2.24, 2.45) is 0 Å².